The van der Waals surface area contributed by atoms with Gasteiger partial charge in [-0.05, 0) is 31.4 Å². The van der Waals surface area contributed by atoms with Gasteiger partial charge in [0.15, 0.2) is 0 Å². The van der Waals surface area contributed by atoms with Gasteiger partial charge >= 0.3 is 12.1 Å². The molecule has 2 aliphatic rings. The van der Waals surface area contributed by atoms with Gasteiger partial charge in [0.1, 0.15) is 17.2 Å². The average Bonchev–Trinajstić information content (AvgIpc) is 3.34. The molecule has 0 bridgehead atoms. The molecule has 0 saturated carbocycles. The molecular weight excluding hydrogens is 495 g/mol. The van der Waals surface area contributed by atoms with Crippen molar-refractivity contribution < 1.29 is 36.3 Å². The highest BCUT2D eigenvalue weighted by molar-refractivity contribution is 7.88. The summed E-state index contributed by atoms with van der Waals surface area (Å²) in [5, 5.41) is 9.74. The number of alkyl halides is 3. The van der Waals surface area contributed by atoms with Crippen molar-refractivity contribution in [3.63, 3.8) is 0 Å². The fourth-order valence-electron chi connectivity index (χ4n) is 3.92. The number of carboxylic acid groups (broad SMARTS) is 1. The Labute approximate surface area is 197 Å². The number of anilines is 1. The quantitative estimate of drug-likeness (QED) is 0.615. The van der Waals surface area contributed by atoms with Crippen molar-refractivity contribution in [2.45, 2.75) is 37.9 Å². The zero-order valence-electron chi connectivity index (χ0n) is 18.7. The number of nitrogens with zero attached hydrogens (tertiary/aromatic N) is 4. The van der Waals surface area contributed by atoms with Crippen LogP contribution in [0.25, 0.3) is 0 Å². The molecule has 1 amide bonds. The number of carbonyl (C=O) groups is 2. The van der Waals surface area contributed by atoms with E-state index in [0.29, 0.717) is 44.1 Å². The number of halogens is 3. The first-order chi connectivity index (χ1) is 16.1. The summed E-state index contributed by atoms with van der Waals surface area (Å²) in [6, 6.07) is 3.48. The normalized spacial score (nSPS) is 19.7. The molecule has 2 aromatic heterocycles. The van der Waals surface area contributed by atoms with Crippen LogP contribution in [0.1, 0.15) is 34.6 Å². The van der Waals surface area contributed by atoms with Crippen LogP contribution in [0.3, 0.4) is 0 Å². The van der Waals surface area contributed by atoms with Crippen molar-refractivity contribution in [1.82, 2.24) is 18.8 Å². The van der Waals surface area contributed by atoms with Gasteiger partial charge in [0.2, 0.25) is 10.0 Å². The Morgan fingerprint density at radius 3 is 2.34 bits per heavy atom. The molecule has 1 fully saturated rings. The van der Waals surface area contributed by atoms with Crippen LogP contribution in [0, 0.1) is 6.92 Å². The van der Waals surface area contributed by atoms with Crippen LogP contribution in [0.2, 0.25) is 0 Å². The van der Waals surface area contributed by atoms with E-state index in [1.54, 1.807) is 16.8 Å². The molecule has 11 nitrogen and oxygen atoms in total. The minimum absolute atomic E-state index is 0.0545. The predicted molar refractivity (Wildman–Crippen MR) is 116 cm³/mol. The van der Waals surface area contributed by atoms with Crippen LogP contribution in [0.15, 0.2) is 29.3 Å². The van der Waals surface area contributed by atoms with Crippen LogP contribution in [0.5, 0.6) is 0 Å². The van der Waals surface area contributed by atoms with Crippen LogP contribution in [-0.2, 0) is 26.8 Å². The molecule has 2 N–H and O–H groups in total. The number of aromatic nitrogens is 3. The lowest BCUT2D eigenvalue weighted by Crippen LogP contribution is -2.35. The van der Waals surface area contributed by atoms with E-state index in [-0.39, 0.29) is 5.56 Å². The number of fused-ring (bicyclic) bond motifs is 2. The Morgan fingerprint density at radius 2 is 1.83 bits per heavy atom. The number of aryl methyl sites for hydroxylation is 2. The van der Waals surface area contributed by atoms with Crippen molar-refractivity contribution in [3.05, 3.63) is 51.8 Å². The second-order valence-electron chi connectivity index (χ2n) is 8.33. The number of sulfonamides is 1. The second-order valence-corrected chi connectivity index (χ2v) is 10.3. The maximum Gasteiger partial charge on any atom is 0.490 e. The summed E-state index contributed by atoms with van der Waals surface area (Å²) in [5.41, 5.74) is -0.172. The van der Waals surface area contributed by atoms with Gasteiger partial charge in [0.25, 0.3) is 11.5 Å². The van der Waals surface area contributed by atoms with Crippen LogP contribution >= 0.6 is 0 Å². The third-order valence-corrected chi connectivity index (χ3v) is 6.98. The minimum atomic E-state index is -5.08. The van der Waals surface area contributed by atoms with Gasteiger partial charge < -0.3 is 15.0 Å². The number of hydrogen-bond acceptors (Lipinski definition) is 7. The maximum absolute atomic E-state index is 12.5. The number of rotatable bonds is 3. The molecule has 0 radical (unpaired) electrons. The van der Waals surface area contributed by atoms with Gasteiger partial charge in [-0.3, -0.25) is 9.59 Å². The Hall–Kier alpha value is -3.33. The van der Waals surface area contributed by atoms with Crippen molar-refractivity contribution in [2.75, 3.05) is 24.7 Å². The first-order valence-corrected chi connectivity index (χ1v) is 12.1. The lowest BCUT2D eigenvalue weighted by Gasteiger charge is -2.22. The molecule has 4 rings (SSSR count). The topological polar surface area (TPSA) is 152 Å². The average molecular weight is 517 g/mol. The van der Waals surface area contributed by atoms with Gasteiger partial charge in [-0.15, -0.1) is 0 Å². The number of hydrogen-bond donors (Lipinski definition) is 2. The molecule has 1 atom stereocenters. The first-order valence-electron chi connectivity index (χ1n) is 10.2. The van der Waals surface area contributed by atoms with E-state index in [1.165, 1.54) is 16.8 Å². The molecule has 0 aromatic carbocycles. The van der Waals surface area contributed by atoms with E-state index in [4.69, 9.17) is 9.90 Å². The molecule has 2 aliphatic heterocycles. The van der Waals surface area contributed by atoms with E-state index >= 15 is 0 Å². The van der Waals surface area contributed by atoms with Crippen molar-refractivity contribution >= 4 is 27.7 Å². The summed E-state index contributed by atoms with van der Waals surface area (Å²) >= 11 is 0. The van der Waals surface area contributed by atoms with Crippen LogP contribution in [0.4, 0.5) is 19.0 Å². The summed E-state index contributed by atoms with van der Waals surface area (Å²) < 4.78 is 58.7. The van der Waals surface area contributed by atoms with Crippen LogP contribution in [-0.4, -0.2) is 69.8 Å². The Balaban J connectivity index is 0.000000429. The van der Waals surface area contributed by atoms with Crippen molar-refractivity contribution in [2.24, 2.45) is 0 Å². The van der Waals surface area contributed by atoms with Gasteiger partial charge in [0, 0.05) is 37.4 Å². The Morgan fingerprint density at radius 1 is 1.20 bits per heavy atom. The molecule has 0 aliphatic carbocycles. The third-order valence-electron chi connectivity index (χ3n) is 5.73. The largest absolute Gasteiger partial charge is 0.490 e. The van der Waals surface area contributed by atoms with Crippen molar-refractivity contribution in [3.8, 4) is 0 Å². The zero-order chi connectivity index (χ0) is 26.2. The van der Waals surface area contributed by atoms with Gasteiger partial charge in [0.05, 0.1) is 6.26 Å². The smallest absolute Gasteiger partial charge is 0.475 e. The molecule has 1 unspecified atom stereocenters. The SMILES string of the molecule is Cc1ccc(NC(=O)c2cn3c(nc2=O)C2(CCN(S(C)(=O)=O)C2)CC3)nc1.O=C(O)C(F)(F)F. The summed E-state index contributed by atoms with van der Waals surface area (Å²) in [6.07, 6.45) is 0.558. The van der Waals surface area contributed by atoms with Gasteiger partial charge in [-0.25, -0.2) is 22.5 Å². The summed E-state index contributed by atoms with van der Waals surface area (Å²) in [6.45, 7) is 3.20. The molecular formula is C20H22F3N5O6S. The molecule has 190 valence electrons. The zero-order valence-corrected chi connectivity index (χ0v) is 19.5. The fourth-order valence-corrected chi connectivity index (χ4v) is 4.82. The Kier molecular flexibility index (Phi) is 7.04. The molecule has 35 heavy (non-hydrogen) atoms. The monoisotopic (exact) mass is 517 g/mol. The molecule has 15 heteroatoms. The number of nitrogens with one attached hydrogen (secondary N) is 1. The number of carbonyl (C=O) groups excluding carboxylic acids is 1. The number of pyridine rings is 1. The van der Waals surface area contributed by atoms with Gasteiger partial charge in [-0.1, -0.05) is 6.07 Å². The predicted octanol–water partition coefficient (Wildman–Crippen LogP) is 1.14. The summed E-state index contributed by atoms with van der Waals surface area (Å²) in [5.74, 6) is -2.40. The standard InChI is InChI=1S/C18H21N5O4S.C2HF3O2/c1-12-3-4-14(19-9-12)20-15(24)13-10-22-7-5-18(17(22)21-16(13)25)6-8-23(11-18)28(2,26)27;3-2(4,5)1(6)7/h3-4,9-10H,5-8,11H2,1-2H3,(H,19,20,24);(H,6,7). The number of carboxylic acids is 1. The van der Waals surface area contributed by atoms with E-state index < -0.39 is 39.1 Å². The molecule has 1 spiro atoms. The third kappa shape index (κ3) is 5.85. The number of aliphatic carboxylic acids is 1. The highest BCUT2D eigenvalue weighted by Gasteiger charge is 2.48. The second kappa shape index (κ2) is 9.37. The van der Waals surface area contributed by atoms with E-state index in [0.717, 1.165) is 5.56 Å². The number of amides is 1. The lowest BCUT2D eigenvalue weighted by molar-refractivity contribution is -0.192. The van der Waals surface area contributed by atoms with E-state index in [2.05, 4.69) is 15.3 Å². The van der Waals surface area contributed by atoms with Crippen molar-refractivity contribution in [1.29, 1.82) is 0 Å². The fraction of sp³-hybridized carbons (Fsp3) is 0.450. The Bertz CT molecular complexity index is 1310. The maximum atomic E-state index is 12.5. The molecule has 4 heterocycles. The minimum Gasteiger partial charge on any atom is -0.475 e. The highest BCUT2D eigenvalue weighted by atomic mass is 32.2. The van der Waals surface area contributed by atoms with E-state index in [9.17, 15) is 31.2 Å². The molecule has 1 saturated heterocycles. The van der Waals surface area contributed by atoms with Gasteiger partial charge in [-0.2, -0.15) is 18.2 Å². The van der Waals surface area contributed by atoms with Crippen LogP contribution < -0.4 is 10.9 Å². The summed E-state index contributed by atoms with van der Waals surface area (Å²) in [7, 11) is -3.29. The lowest BCUT2D eigenvalue weighted by atomic mass is 9.85. The van der Waals surface area contributed by atoms with E-state index in [1.807, 2.05) is 13.0 Å². The first kappa shape index (κ1) is 26.3. The highest BCUT2D eigenvalue weighted by Crippen LogP contribution is 2.41. The summed E-state index contributed by atoms with van der Waals surface area (Å²) in [4.78, 5) is 42.3. The molecule has 2 aromatic rings.